The summed E-state index contributed by atoms with van der Waals surface area (Å²) in [7, 11) is 0. The predicted molar refractivity (Wildman–Crippen MR) is 150 cm³/mol. The molecule has 2 saturated heterocycles. The van der Waals surface area contributed by atoms with Crippen LogP contribution in [0.15, 0.2) is 55.4 Å². The van der Waals surface area contributed by atoms with Gasteiger partial charge in [0.25, 0.3) is 5.91 Å². The lowest BCUT2D eigenvalue weighted by Gasteiger charge is -2.44. The number of anilines is 1. The molecule has 2 aromatic rings. The van der Waals surface area contributed by atoms with Crippen LogP contribution in [0.2, 0.25) is 0 Å². The Hall–Kier alpha value is -3.46. The van der Waals surface area contributed by atoms with Crippen LogP contribution >= 0.6 is 0 Å². The van der Waals surface area contributed by atoms with E-state index in [1.54, 1.807) is 18.5 Å². The Morgan fingerprint density at radius 2 is 1.68 bits per heavy atom. The smallest absolute Gasteiger partial charge is 0.318 e. The highest BCUT2D eigenvalue weighted by molar-refractivity contribution is 5.93. The summed E-state index contributed by atoms with van der Waals surface area (Å²) in [6.45, 7) is 13.4. The molecule has 2 N–H and O–H groups in total. The molecule has 0 saturated carbocycles. The third-order valence-corrected chi connectivity index (χ3v) is 7.53. The number of piperidine rings is 1. The molecule has 0 bridgehead atoms. The van der Waals surface area contributed by atoms with E-state index in [1.807, 2.05) is 4.90 Å². The number of urea groups is 1. The van der Waals surface area contributed by atoms with E-state index >= 15 is 0 Å². The summed E-state index contributed by atoms with van der Waals surface area (Å²) < 4.78 is 0. The first kappa shape index (κ1) is 27.6. The molecule has 2 aliphatic rings. The first-order chi connectivity index (χ1) is 18.4. The number of piperazine rings is 1. The average molecular weight is 520 g/mol. The van der Waals surface area contributed by atoms with Crippen LogP contribution in [-0.2, 0) is 6.54 Å². The zero-order valence-electron chi connectivity index (χ0n) is 22.7. The van der Waals surface area contributed by atoms with Crippen LogP contribution < -0.4 is 15.5 Å². The van der Waals surface area contributed by atoms with E-state index in [0.29, 0.717) is 43.6 Å². The highest BCUT2D eigenvalue weighted by Gasteiger charge is 2.34. The maximum absolute atomic E-state index is 13.1. The summed E-state index contributed by atoms with van der Waals surface area (Å²) in [5, 5.41) is 5.90. The number of nitrogens with one attached hydrogen (secondary N) is 2. The fourth-order valence-corrected chi connectivity index (χ4v) is 5.50. The molecule has 9 heteroatoms. The molecule has 3 heterocycles. The molecule has 4 rings (SSSR count). The van der Waals surface area contributed by atoms with E-state index in [0.717, 1.165) is 26.1 Å². The van der Waals surface area contributed by atoms with E-state index in [2.05, 4.69) is 81.2 Å². The molecule has 3 amide bonds. The Labute approximate surface area is 226 Å². The van der Waals surface area contributed by atoms with Crippen molar-refractivity contribution < 1.29 is 9.59 Å². The number of likely N-dealkylation sites (tertiary alicyclic amines) is 1. The van der Waals surface area contributed by atoms with Crippen molar-refractivity contribution in [3.8, 4) is 0 Å². The van der Waals surface area contributed by atoms with Crippen LogP contribution in [0.5, 0.6) is 0 Å². The Morgan fingerprint density at radius 1 is 1.03 bits per heavy atom. The minimum absolute atomic E-state index is 0.00122. The summed E-state index contributed by atoms with van der Waals surface area (Å²) in [5.41, 5.74) is 1.79. The fraction of sp³-hybridized carbons (Fsp3) is 0.517. The van der Waals surface area contributed by atoms with E-state index < -0.39 is 0 Å². The number of carbonyl (C=O) groups is 2. The summed E-state index contributed by atoms with van der Waals surface area (Å²) in [6, 6.07) is 10.7. The Balaban J connectivity index is 1.19. The van der Waals surface area contributed by atoms with Crippen LogP contribution in [0.1, 0.15) is 49.0 Å². The molecule has 0 spiro atoms. The van der Waals surface area contributed by atoms with Crippen LogP contribution in [-0.4, -0.2) is 83.1 Å². The highest BCUT2D eigenvalue weighted by Crippen LogP contribution is 2.22. The van der Waals surface area contributed by atoms with Crippen molar-refractivity contribution in [1.82, 2.24) is 30.4 Å². The molecule has 2 atom stereocenters. The first-order valence-electron chi connectivity index (χ1n) is 13.7. The molecule has 9 nitrogen and oxygen atoms in total. The predicted octanol–water partition coefficient (Wildman–Crippen LogP) is 3.30. The monoisotopic (exact) mass is 519 g/mol. The number of carbonyl (C=O) groups excluding carboxylic acids is 2. The van der Waals surface area contributed by atoms with Gasteiger partial charge in [0, 0.05) is 57.2 Å². The van der Waals surface area contributed by atoms with Gasteiger partial charge in [-0.15, -0.1) is 6.58 Å². The van der Waals surface area contributed by atoms with E-state index in [-0.39, 0.29) is 24.0 Å². The second kappa shape index (κ2) is 13.4. The largest absolute Gasteiger partial charge is 0.348 e. The maximum Gasteiger partial charge on any atom is 0.318 e. The molecule has 2 fully saturated rings. The van der Waals surface area contributed by atoms with Crippen LogP contribution in [0.25, 0.3) is 0 Å². The van der Waals surface area contributed by atoms with Gasteiger partial charge in [0.2, 0.25) is 5.95 Å². The van der Waals surface area contributed by atoms with Gasteiger partial charge in [-0.2, -0.15) is 0 Å². The molecular formula is C29H41N7O2. The topological polar surface area (TPSA) is 93.7 Å². The Kier molecular flexibility index (Phi) is 9.70. The zero-order chi connectivity index (χ0) is 26.9. The van der Waals surface area contributed by atoms with Gasteiger partial charge in [-0.3, -0.25) is 9.69 Å². The normalized spacial score (nSPS) is 20.7. The summed E-state index contributed by atoms with van der Waals surface area (Å²) in [4.78, 5) is 40.5. The standard InChI is InChI=1S/C29H41N7O2/c1-4-13-30-27(37)26-17-32-28(33-18-26)35-19-22(2)36(23(3)20-35)29(38)31-14-10-24-11-15-34(16-12-24)21-25-8-6-5-7-9-25/h4-9,17-18,22-24H,1,10-16,19-21H2,2-3H3,(H,30,37)(H,31,38)/t22-,23+. The fourth-order valence-electron chi connectivity index (χ4n) is 5.50. The van der Waals surface area contributed by atoms with Crippen molar-refractivity contribution in [1.29, 1.82) is 0 Å². The highest BCUT2D eigenvalue weighted by atomic mass is 16.2. The molecule has 2 aliphatic heterocycles. The van der Waals surface area contributed by atoms with Gasteiger partial charge < -0.3 is 20.4 Å². The number of hydrogen-bond donors (Lipinski definition) is 2. The van der Waals surface area contributed by atoms with E-state index in [9.17, 15) is 9.59 Å². The molecule has 1 aromatic heterocycles. The van der Waals surface area contributed by atoms with E-state index in [4.69, 9.17) is 0 Å². The molecule has 0 unspecified atom stereocenters. The lowest BCUT2D eigenvalue weighted by Crippen LogP contribution is -2.61. The zero-order valence-corrected chi connectivity index (χ0v) is 22.7. The van der Waals surface area contributed by atoms with E-state index in [1.165, 1.54) is 18.4 Å². The third-order valence-electron chi connectivity index (χ3n) is 7.53. The molecule has 38 heavy (non-hydrogen) atoms. The number of aromatic nitrogens is 2. The SMILES string of the molecule is C=CCNC(=O)c1cnc(N2C[C@@H](C)N(C(=O)NCCC3CCN(Cc4ccccc4)CC3)[C@@H](C)C2)nc1. The van der Waals surface area contributed by atoms with Crippen molar-refractivity contribution in [3.05, 3.63) is 66.5 Å². The van der Waals surface area contributed by atoms with Gasteiger partial charge >= 0.3 is 6.03 Å². The number of benzene rings is 1. The second-order valence-corrected chi connectivity index (χ2v) is 10.5. The number of hydrogen-bond acceptors (Lipinski definition) is 6. The molecule has 204 valence electrons. The van der Waals surface area contributed by atoms with Gasteiger partial charge in [0.15, 0.2) is 0 Å². The quantitative estimate of drug-likeness (QED) is 0.494. The minimum Gasteiger partial charge on any atom is -0.348 e. The molecule has 0 aliphatic carbocycles. The van der Waals surface area contributed by atoms with Gasteiger partial charge in [-0.25, -0.2) is 14.8 Å². The van der Waals surface area contributed by atoms with Gasteiger partial charge in [-0.05, 0) is 57.7 Å². The summed E-state index contributed by atoms with van der Waals surface area (Å²) >= 11 is 0. The van der Waals surface area contributed by atoms with Crippen LogP contribution in [0.4, 0.5) is 10.7 Å². The molecular weight excluding hydrogens is 478 g/mol. The van der Waals surface area contributed by atoms with Crippen molar-refractivity contribution in [2.75, 3.05) is 44.2 Å². The first-order valence-corrected chi connectivity index (χ1v) is 13.7. The van der Waals surface area contributed by atoms with Crippen molar-refractivity contribution >= 4 is 17.9 Å². The Morgan fingerprint density at radius 3 is 2.32 bits per heavy atom. The number of rotatable bonds is 9. The second-order valence-electron chi connectivity index (χ2n) is 10.5. The van der Waals surface area contributed by atoms with Gasteiger partial charge in [-0.1, -0.05) is 36.4 Å². The van der Waals surface area contributed by atoms with Crippen molar-refractivity contribution in [2.45, 2.75) is 51.7 Å². The molecule has 0 radical (unpaired) electrons. The molecule has 1 aromatic carbocycles. The summed E-state index contributed by atoms with van der Waals surface area (Å²) in [5.74, 6) is 1.01. The Bertz CT molecular complexity index is 1040. The van der Waals surface area contributed by atoms with Gasteiger partial charge in [0.1, 0.15) is 0 Å². The third kappa shape index (κ3) is 7.31. The lowest BCUT2D eigenvalue weighted by molar-refractivity contribution is 0.0957. The summed E-state index contributed by atoms with van der Waals surface area (Å²) in [6.07, 6.45) is 8.10. The maximum atomic E-state index is 13.1. The minimum atomic E-state index is -0.225. The van der Waals surface area contributed by atoms with Crippen molar-refractivity contribution in [3.63, 3.8) is 0 Å². The van der Waals surface area contributed by atoms with Crippen LogP contribution in [0.3, 0.4) is 0 Å². The lowest BCUT2D eigenvalue weighted by atomic mass is 9.93. The average Bonchev–Trinajstić information content (AvgIpc) is 2.93. The van der Waals surface area contributed by atoms with Crippen LogP contribution in [0, 0.1) is 5.92 Å². The number of nitrogens with zero attached hydrogens (tertiary/aromatic N) is 5. The number of amides is 3. The van der Waals surface area contributed by atoms with Gasteiger partial charge in [0.05, 0.1) is 5.56 Å². The van der Waals surface area contributed by atoms with Crippen molar-refractivity contribution in [2.24, 2.45) is 5.92 Å².